The van der Waals surface area contributed by atoms with Gasteiger partial charge in [0, 0.05) is 6.42 Å². The molecular formula is C9H17N3O2. The van der Waals surface area contributed by atoms with Gasteiger partial charge in [-0.1, -0.05) is 18.5 Å². The van der Waals surface area contributed by atoms with Crippen molar-refractivity contribution in [3.05, 3.63) is 11.7 Å². The SMILES string of the molecule is CCCCc1noc([C@@H](O)CCN)n1. The fraction of sp³-hybridized carbons (Fsp3) is 0.778. The van der Waals surface area contributed by atoms with Gasteiger partial charge in [-0.25, -0.2) is 0 Å². The Labute approximate surface area is 83.3 Å². The van der Waals surface area contributed by atoms with E-state index in [0.717, 1.165) is 19.3 Å². The van der Waals surface area contributed by atoms with Crippen LogP contribution < -0.4 is 5.73 Å². The van der Waals surface area contributed by atoms with Gasteiger partial charge in [-0.15, -0.1) is 0 Å². The van der Waals surface area contributed by atoms with E-state index in [2.05, 4.69) is 17.1 Å². The van der Waals surface area contributed by atoms with Crippen molar-refractivity contribution < 1.29 is 9.63 Å². The zero-order valence-corrected chi connectivity index (χ0v) is 8.44. The maximum absolute atomic E-state index is 9.48. The minimum Gasteiger partial charge on any atom is -0.383 e. The molecule has 0 saturated carbocycles. The van der Waals surface area contributed by atoms with E-state index in [1.54, 1.807) is 0 Å². The number of nitrogens with zero attached hydrogens (tertiary/aromatic N) is 2. The summed E-state index contributed by atoms with van der Waals surface area (Å²) >= 11 is 0. The Morgan fingerprint density at radius 2 is 2.36 bits per heavy atom. The summed E-state index contributed by atoms with van der Waals surface area (Å²) in [4.78, 5) is 4.08. The molecule has 0 fully saturated rings. The highest BCUT2D eigenvalue weighted by Gasteiger charge is 2.14. The van der Waals surface area contributed by atoms with Crippen LogP contribution >= 0.6 is 0 Å². The molecule has 0 aromatic carbocycles. The van der Waals surface area contributed by atoms with Crippen LogP contribution in [0.2, 0.25) is 0 Å². The standard InChI is InChI=1S/C9H17N3O2/c1-2-3-4-8-11-9(14-12-8)7(13)5-6-10/h7,13H,2-6,10H2,1H3/t7-/m0/s1. The molecule has 0 unspecified atom stereocenters. The Bertz CT molecular complexity index is 262. The molecule has 5 nitrogen and oxygen atoms in total. The summed E-state index contributed by atoms with van der Waals surface area (Å²) in [6, 6.07) is 0. The monoisotopic (exact) mass is 199 g/mol. The molecule has 0 radical (unpaired) electrons. The number of hydrogen-bond acceptors (Lipinski definition) is 5. The van der Waals surface area contributed by atoms with Crippen LogP contribution in [0.25, 0.3) is 0 Å². The molecule has 0 bridgehead atoms. The van der Waals surface area contributed by atoms with Crippen molar-refractivity contribution in [2.75, 3.05) is 6.54 Å². The number of aryl methyl sites for hydroxylation is 1. The largest absolute Gasteiger partial charge is 0.383 e. The molecular weight excluding hydrogens is 182 g/mol. The Balaban J connectivity index is 2.49. The van der Waals surface area contributed by atoms with E-state index in [-0.39, 0.29) is 5.89 Å². The number of aliphatic hydroxyl groups excluding tert-OH is 1. The average molecular weight is 199 g/mol. The number of aromatic nitrogens is 2. The second-order valence-corrected chi connectivity index (χ2v) is 3.25. The zero-order valence-electron chi connectivity index (χ0n) is 8.44. The predicted molar refractivity (Wildman–Crippen MR) is 51.5 cm³/mol. The summed E-state index contributed by atoms with van der Waals surface area (Å²) in [7, 11) is 0. The molecule has 0 aliphatic rings. The van der Waals surface area contributed by atoms with Crippen LogP contribution in [-0.2, 0) is 6.42 Å². The topological polar surface area (TPSA) is 85.2 Å². The van der Waals surface area contributed by atoms with Crippen molar-refractivity contribution in [1.29, 1.82) is 0 Å². The van der Waals surface area contributed by atoms with Gasteiger partial charge in [0.15, 0.2) is 5.82 Å². The minimum atomic E-state index is -0.720. The summed E-state index contributed by atoms with van der Waals surface area (Å²) in [5.74, 6) is 0.944. The smallest absolute Gasteiger partial charge is 0.255 e. The first-order valence-electron chi connectivity index (χ1n) is 4.98. The maximum atomic E-state index is 9.48. The molecule has 1 heterocycles. The third-order valence-electron chi connectivity index (χ3n) is 1.96. The Morgan fingerprint density at radius 1 is 1.57 bits per heavy atom. The van der Waals surface area contributed by atoms with E-state index in [4.69, 9.17) is 10.3 Å². The van der Waals surface area contributed by atoms with Gasteiger partial charge in [-0.2, -0.15) is 4.98 Å². The molecule has 0 aliphatic heterocycles. The minimum absolute atomic E-state index is 0.279. The second-order valence-electron chi connectivity index (χ2n) is 3.25. The molecule has 0 amide bonds. The van der Waals surface area contributed by atoms with E-state index in [1.807, 2.05) is 0 Å². The summed E-state index contributed by atoms with van der Waals surface area (Å²) in [6.45, 7) is 2.51. The Kier molecular flexibility index (Phi) is 4.55. The fourth-order valence-corrected chi connectivity index (χ4v) is 1.12. The normalized spacial score (nSPS) is 13.1. The lowest BCUT2D eigenvalue weighted by molar-refractivity contribution is 0.127. The molecule has 80 valence electrons. The van der Waals surface area contributed by atoms with E-state index >= 15 is 0 Å². The van der Waals surface area contributed by atoms with Crippen molar-refractivity contribution in [1.82, 2.24) is 10.1 Å². The third kappa shape index (κ3) is 3.08. The third-order valence-corrected chi connectivity index (χ3v) is 1.96. The Morgan fingerprint density at radius 3 is 3.00 bits per heavy atom. The first-order chi connectivity index (χ1) is 6.77. The van der Waals surface area contributed by atoms with Gasteiger partial charge in [-0.3, -0.25) is 0 Å². The molecule has 0 aliphatic carbocycles. The van der Waals surface area contributed by atoms with Crippen LogP contribution in [0.4, 0.5) is 0 Å². The van der Waals surface area contributed by atoms with E-state index in [0.29, 0.717) is 18.8 Å². The van der Waals surface area contributed by atoms with Crippen LogP contribution in [0, 0.1) is 0 Å². The van der Waals surface area contributed by atoms with E-state index in [1.165, 1.54) is 0 Å². The quantitative estimate of drug-likeness (QED) is 0.707. The van der Waals surface area contributed by atoms with Gasteiger partial charge < -0.3 is 15.4 Å². The van der Waals surface area contributed by atoms with Gasteiger partial charge in [0.05, 0.1) is 0 Å². The number of rotatable bonds is 6. The summed E-state index contributed by atoms with van der Waals surface area (Å²) < 4.78 is 4.91. The van der Waals surface area contributed by atoms with Crippen LogP contribution in [-0.4, -0.2) is 21.8 Å². The van der Waals surface area contributed by atoms with Crippen LogP contribution in [0.5, 0.6) is 0 Å². The number of aliphatic hydroxyl groups is 1. The highest BCUT2D eigenvalue weighted by Crippen LogP contribution is 2.13. The highest BCUT2D eigenvalue weighted by atomic mass is 16.5. The number of unbranched alkanes of at least 4 members (excludes halogenated alkanes) is 1. The maximum Gasteiger partial charge on any atom is 0.255 e. The molecule has 1 rings (SSSR count). The van der Waals surface area contributed by atoms with Crippen molar-refractivity contribution in [3.63, 3.8) is 0 Å². The number of nitrogens with two attached hydrogens (primary N) is 1. The molecule has 14 heavy (non-hydrogen) atoms. The van der Waals surface area contributed by atoms with Crippen molar-refractivity contribution in [2.45, 2.75) is 38.7 Å². The van der Waals surface area contributed by atoms with Crippen molar-refractivity contribution in [2.24, 2.45) is 5.73 Å². The van der Waals surface area contributed by atoms with E-state index in [9.17, 15) is 5.11 Å². The molecule has 1 atom stereocenters. The van der Waals surface area contributed by atoms with Gasteiger partial charge in [0.1, 0.15) is 6.10 Å². The van der Waals surface area contributed by atoms with Crippen LogP contribution in [0.3, 0.4) is 0 Å². The first kappa shape index (κ1) is 11.1. The van der Waals surface area contributed by atoms with Crippen LogP contribution in [0.1, 0.15) is 44.0 Å². The lowest BCUT2D eigenvalue weighted by Gasteiger charge is -2.00. The molecule has 1 aromatic rings. The summed E-state index contributed by atoms with van der Waals surface area (Å²) in [6.07, 6.45) is 2.66. The molecule has 5 heteroatoms. The Hall–Kier alpha value is -0.940. The molecule has 3 N–H and O–H groups in total. The van der Waals surface area contributed by atoms with Crippen molar-refractivity contribution in [3.8, 4) is 0 Å². The van der Waals surface area contributed by atoms with E-state index < -0.39 is 6.10 Å². The van der Waals surface area contributed by atoms with Gasteiger partial charge in [0.25, 0.3) is 5.89 Å². The van der Waals surface area contributed by atoms with Crippen molar-refractivity contribution >= 4 is 0 Å². The fourth-order valence-electron chi connectivity index (χ4n) is 1.12. The predicted octanol–water partition coefficient (Wildman–Crippen LogP) is 0.794. The summed E-state index contributed by atoms with van der Waals surface area (Å²) in [5.41, 5.74) is 5.30. The highest BCUT2D eigenvalue weighted by molar-refractivity contribution is 4.89. The number of hydrogen-bond donors (Lipinski definition) is 2. The first-order valence-corrected chi connectivity index (χ1v) is 4.98. The lowest BCUT2D eigenvalue weighted by atomic mass is 10.2. The average Bonchev–Trinajstić information content (AvgIpc) is 2.63. The second kappa shape index (κ2) is 5.72. The molecule has 1 aromatic heterocycles. The van der Waals surface area contributed by atoms with Gasteiger partial charge >= 0.3 is 0 Å². The summed E-state index contributed by atoms with van der Waals surface area (Å²) in [5, 5.41) is 13.3. The molecule has 0 spiro atoms. The van der Waals surface area contributed by atoms with Gasteiger partial charge in [-0.05, 0) is 19.4 Å². The van der Waals surface area contributed by atoms with Crippen LogP contribution in [0.15, 0.2) is 4.52 Å². The zero-order chi connectivity index (χ0) is 10.4. The van der Waals surface area contributed by atoms with Gasteiger partial charge in [0.2, 0.25) is 0 Å². The molecule has 0 saturated heterocycles. The lowest BCUT2D eigenvalue weighted by Crippen LogP contribution is -2.07.